The zero-order valence-corrected chi connectivity index (χ0v) is 9.53. The Morgan fingerprint density at radius 2 is 1.93 bits per heavy atom. The summed E-state index contributed by atoms with van der Waals surface area (Å²) in [6.07, 6.45) is 7.11. The molecule has 14 heavy (non-hydrogen) atoms. The van der Waals surface area contributed by atoms with Crippen LogP contribution in [-0.4, -0.2) is 25.4 Å². The first kappa shape index (κ1) is 11.7. The maximum atomic E-state index is 5.97. The van der Waals surface area contributed by atoms with Gasteiger partial charge in [0, 0.05) is 13.2 Å². The highest BCUT2D eigenvalue weighted by Crippen LogP contribution is 2.17. The van der Waals surface area contributed by atoms with Gasteiger partial charge < -0.3 is 9.47 Å². The second-order valence-corrected chi connectivity index (χ2v) is 4.04. The van der Waals surface area contributed by atoms with Crippen LogP contribution >= 0.6 is 0 Å². The first-order valence-corrected chi connectivity index (χ1v) is 5.60. The van der Waals surface area contributed by atoms with Crippen molar-refractivity contribution in [3.05, 3.63) is 12.2 Å². The highest BCUT2D eigenvalue weighted by atomic mass is 16.5. The summed E-state index contributed by atoms with van der Waals surface area (Å²) in [5.74, 6) is 0.503. The van der Waals surface area contributed by atoms with Gasteiger partial charge in [0.05, 0.1) is 12.2 Å². The summed E-state index contributed by atoms with van der Waals surface area (Å²) in [7, 11) is 0. The molecule has 0 aromatic carbocycles. The third kappa shape index (κ3) is 3.81. The molecule has 0 N–H and O–H groups in total. The Kier molecular flexibility index (Phi) is 5.20. The van der Waals surface area contributed by atoms with Crippen molar-refractivity contribution in [2.45, 2.75) is 45.8 Å². The Hall–Kier alpha value is -0.340. The maximum absolute atomic E-state index is 5.97. The van der Waals surface area contributed by atoms with E-state index in [4.69, 9.17) is 9.47 Å². The molecule has 2 unspecified atom stereocenters. The number of allylic oxidation sites excluding steroid dienone is 1. The standard InChI is InChI=1S/C12H22O2/c1-4-5-10(2)11(3)14-12-6-8-13-9-7-12/h4-5,10-12H,6-9H2,1-3H3/b5-4-. The molecule has 1 fully saturated rings. The van der Waals surface area contributed by atoms with Crippen LogP contribution in [0.3, 0.4) is 0 Å². The van der Waals surface area contributed by atoms with Gasteiger partial charge in [0.25, 0.3) is 0 Å². The molecule has 2 atom stereocenters. The van der Waals surface area contributed by atoms with E-state index >= 15 is 0 Å². The summed E-state index contributed by atoms with van der Waals surface area (Å²) in [5, 5.41) is 0. The molecule has 0 aromatic heterocycles. The summed E-state index contributed by atoms with van der Waals surface area (Å²) < 4.78 is 11.3. The molecule has 2 nitrogen and oxygen atoms in total. The van der Waals surface area contributed by atoms with Crippen molar-refractivity contribution < 1.29 is 9.47 Å². The van der Waals surface area contributed by atoms with E-state index < -0.39 is 0 Å². The van der Waals surface area contributed by atoms with Crippen molar-refractivity contribution in [2.75, 3.05) is 13.2 Å². The van der Waals surface area contributed by atoms with Crippen molar-refractivity contribution in [3.63, 3.8) is 0 Å². The topological polar surface area (TPSA) is 18.5 Å². The van der Waals surface area contributed by atoms with Crippen molar-refractivity contribution in [2.24, 2.45) is 5.92 Å². The van der Waals surface area contributed by atoms with Crippen molar-refractivity contribution in [3.8, 4) is 0 Å². The van der Waals surface area contributed by atoms with Gasteiger partial charge >= 0.3 is 0 Å². The third-order valence-corrected chi connectivity index (χ3v) is 2.81. The summed E-state index contributed by atoms with van der Waals surface area (Å²) >= 11 is 0. The molecular weight excluding hydrogens is 176 g/mol. The lowest BCUT2D eigenvalue weighted by atomic mass is 10.0. The molecule has 0 aromatic rings. The minimum Gasteiger partial charge on any atom is -0.381 e. The van der Waals surface area contributed by atoms with Gasteiger partial charge in [0.1, 0.15) is 0 Å². The second-order valence-electron chi connectivity index (χ2n) is 4.04. The average Bonchev–Trinajstić information content (AvgIpc) is 2.19. The molecular formula is C12H22O2. The number of rotatable bonds is 4. The van der Waals surface area contributed by atoms with Gasteiger partial charge in [0.15, 0.2) is 0 Å². The molecule has 0 bridgehead atoms. The quantitative estimate of drug-likeness (QED) is 0.647. The number of hydrogen-bond donors (Lipinski definition) is 0. The lowest BCUT2D eigenvalue weighted by Crippen LogP contribution is -2.29. The van der Waals surface area contributed by atoms with Crippen LogP contribution in [0.5, 0.6) is 0 Å². The minimum absolute atomic E-state index is 0.314. The molecule has 0 amide bonds. The summed E-state index contributed by atoms with van der Waals surface area (Å²) in [6, 6.07) is 0. The monoisotopic (exact) mass is 198 g/mol. The van der Waals surface area contributed by atoms with Crippen LogP contribution in [-0.2, 0) is 9.47 Å². The smallest absolute Gasteiger partial charge is 0.0622 e. The van der Waals surface area contributed by atoms with E-state index in [-0.39, 0.29) is 0 Å². The molecule has 1 aliphatic rings. The average molecular weight is 198 g/mol. The minimum atomic E-state index is 0.314. The van der Waals surface area contributed by atoms with Crippen LogP contribution in [0.1, 0.15) is 33.6 Å². The van der Waals surface area contributed by atoms with E-state index in [0.29, 0.717) is 18.1 Å². The molecule has 82 valence electrons. The van der Waals surface area contributed by atoms with Crippen molar-refractivity contribution in [1.29, 1.82) is 0 Å². The Morgan fingerprint density at radius 1 is 1.29 bits per heavy atom. The van der Waals surface area contributed by atoms with Crippen molar-refractivity contribution >= 4 is 0 Å². The molecule has 0 saturated carbocycles. The molecule has 1 heterocycles. The van der Waals surface area contributed by atoms with Crippen LogP contribution in [0.15, 0.2) is 12.2 Å². The largest absolute Gasteiger partial charge is 0.381 e. The fourth-order valence-electron chi connectivity index (χ4n) is 1.70. The molecule has 0 spiro atoms. The highest BCUT2D eigenvalue weighted by Gasteiger charge is 2.19. The Labute approximate surface area is 87.3 Å². The van der Waals surface area contributed by atoms with Gasteiger partial charge in [-0.15, -0.1) is 0 Å². The lowest BCUT2D eigenvalue weighted by molar-refractivity contribution is -0.0721. The maximum Gasteiger partial charge on any atom is 0.0622 e. The predicted molar refractivity (Wildman–Crippen MR) is 58.4 cm³/mol. The SMILES string of the molecule is C/C=C\C(C)C(C)OC1CCOCC1. The van der Waals surface area contributed by atoms with Gasteiger partial charge in [-0.05, 0) is 32.6 Å². The zero-order valence-electron chi connectivity index (χ0n) is 9.53. The molecule has 1 saturated heterocycles. The molecule has 2 heteroatoms. The Balaban J connectivity index is 2.27. The van der Waals surface area contributed by atoms with E-state index in [2.05, 4.69) is 32.9 Å². The molecule has 0 aliphatic carbocycles. The van der Waals surface area contributed by atoms with E-state index in [1.807, 2.05) is 0 Å². The van der Waals surface area contributed by atoms with Gasteiger partial charge in [0.2, 0.25) is 0 Å². The van der Waals surface area contributed by atoms with E-state index in [0.717, 1.165) is 26.1 Å². The predicted octanol–water partition coefficient (Wildman–Crippen LogP) is 2.78. The van der Waals surface area contributed by atoms with Gasteiger partial charge in [-0.2, -0.15) is 0 Å². The lowest BCUT2D eigenvalue weighted by Gasteiger charge is -2.27. The molecule has 0 radical (unpaired) electrons. The van der Waals surface area contributed by atoms with Crippen LogP contribution in [0, 0.1) is 5.92 Å². The second kappa shape index (κ2) is 6.20. The Bertz CT molecular complexity index is 171. The third-order valence-electron chi connectivity index (χ3n) is 2.81. The summed E-state index contributed by atoms with van der Waals surface area (Å²) in [6.45, 7) is 8.12. The van der Waals surface area contributed by atoms with E-state index in [9.17, 15) is 0 Å². The van der Waals surface area contributed by atoms with Crippen LogP contribution in [0.4, 0.5) is 0 Å². The van der Waals surface area contributed by atoms with E-state index in [1.54, 1.807) is 0 Å². The van der Waals surface area contributed by atoms with Gasteiger partial charge in [-0.3, -0.25) is 0 Å². The normalized spacial score (nSPS) is 23.9. The van der Waals surface area contributed by atoms with Crippen molar-refractivity contribution in [1.82, 2.24) is 0 Å². The molecule has 1 aliphatic heterocycles. The van der Waals surface area contributed by atoms with Crippen LogP contribution in [0.25, 0.3) is 0 Å². The highest BCUT2D eigenvalue weighted by molar-refractivity contribution is 4.86. The Morgan fingerprint density at radius 3 is 2.50 bits per heavy atom. The summed E-state index contributed by atoms with van der Waals surface area (Å²) in [4.78, 5) is 0. The zero-order chi connectivity index (χ0) is 10.4. The van der Waals surface area contributed by atoms with E-state index in [1.165, 1.54) is 0 Å². The molecule has 1 rings (SSSR count). The number of hydrogen-bond acceptors (Lipinski definition) is 2. The van der Waals surface area contributed by atoms with Gasteiger partial charge in [-0.1, -0.05) is 19.1 Å². The fraction of sp³-hybridized carbons (Fsp3) is 0.833. The summed E-state index contributed by atoms with van der Waals surface area (Å²) in [5.41, 5.74) is 0. The first-order chi connectivity index (χ1) is 6.74. The fourth-order valence-corrected chi connectivity index (χ4v) is 1.70. The van der Waals surface area contributed by atoms with Crippen LogP contribution in [0.2, 0.25) is 0 Å². The number of ether oxygens (including phenoxy) is 2. The van der Waals surface area contributed by atoms with Gasteiger partial charge in [-0.25, -0.2) is 0 Å². The van der Waals surface area contributed by atoms with Crippen LogP contribution < -0.4 is 0 Å². The first-order valence-electron chi connectivity index (χ1n) is 5.60.